The van der Waals surface area contributed by atoms with Gasteiger partial charge < -0.3 is 10.7 Å². The summed E-state index contributed by atoms with van der Waals surface area (Å²) in [6, 6.07) is 4.86. The van der Waals surface area contributed by atoms with Gasteiger partial charge in [-0.3, -0.25) is 10.1 Å². The van der Waals surface area contributed by atoms with Crippen LogP contribution in [0.2, 0.25) is 5.02 Å². The van der Waals surface area contributed by atoms with E-state index < -0.39 is 6.04 Å². The van der Waals surface area contributed by atoms with E-state index in [0.29, 0.717) is 22.9 Å². The second-order valence-electron chi connectivity index (χ2n) is 3.73. The quantitative estimate of drug-likeness (QED) is 0.810. The molecule has 1 amide bonds. The number of hydrogen-bond donors (Lipinski definition) is 3. The average molecular weight is 289 g/mol. The van der Waals surface area contributed by atoms with Crippen molar-refractivity contribution in [1.82, 2.24) is 9.97 Å². The molecule has 0 aliphatic heterocycles. The fraction of sp³-hybridized carbons (Fsp3) is 0.273. The number of amides is 1. The number of carbonyl (C=O) groups excluding carboxylic acids is 1. The molecule has 0 saturated heterocycles. The molecule has 1 aromatic carbocycles. The van der Waals surface area contributed by atoms with E-state index in [4.69, 9.17) is 17.3 Å². The predicted octanol–water partition coefficient (Wildman–Crippen LogP) is 2.31. The zero-order valence-electron chi connectivity index (χ0n) is 9.74. The van der Waals surface area contributed by atoms with Gasteiger partial charge in [-0.05, 0) is 18.6 Å². The van der Waals surface area contributed by atoms with Crippen molar-refractivity contribution in [3.63, 3.8) is 0 Å². The topological polar surface area (TPSA) is 83.8 Å². The molecule has 2 rings (SSSR count). The molecule has 4 N–H and O–H groups in total. The molecule has 2 aromatic rings. The first-order chi connectivity index (χ1) is 8.11. The first-order valence-electron chi connectivity index (χ1n) is 5.32. The van der Waals surface area contributed by atoms with E-state index in [1.54, 1.807) is 6.07 Å². The van der Waals surface area contributed by atoms with Crippen molar-refractivity contribution in [1.29, 1.82) is 0 Å². The first kappa shape index (κ1) is 14.8. The van der Waals surface area contributed by atoms with Crippen LogP contribution in [0.25, 0.3) is 11.0 Å². The Hall–Kier alpha value is -1.30. The van der Waals surface area contributed by atoms with Crippen molar-refractivity contribution in [2.24, 2.45) is 5.73 Å². The average Bonchev–Trinajstić information content (AvgIpc) is 2.72. The maximum Gasteiger partial charge on any atom is 0.243 e. The fourth-order valence-electron chi connectivity index (χ4n) is 1.45. The highest BCUT2D eigenvalue weighted by atomic mass is 35.5. The molecular formula is C11H14Cl2N4O. The zero-order valence-corrected chi connectivity index (χ0v) is 11.3. The second-order valence-corrected chi connectivity index (χ2v) is 4.13. The van der Waals surface area contributed by atoms with Crippen molar-refractivity contribution < 1.29 is 4.79 Å². The number of nitrogens with two attached hydrogens (primary N) is 1. The summed E-state index contributed by atoms with van der Waals surface area (Å²) in [4.78, 5) is 18.7. The maximum atomic E-state index is 11.6. The molecule has 7 heteroatoms. The minimum absolute atomic E-state index is 0. The van der Waals surface area contributed by atoms with Gasteiger partial charge in [-0.25, -0.2) is 4.98 Å². The molecule has 0 aliphatic carbocycles. The number of halogens is 2. The molecule has 1 heterocycles. The minimum Gasteiger partial charge on any atom is -0.324 e. The van der Waals surface area contributed by atoms with Crippen molar-refractivity contribution in [3.05, 3.63) is 23.2 Å². The number of carbonyl (C=O) groups is 1. The molecule has 0 aliphatic rings. The maximum absolute atomic E-state index is 11.6. The molecule has 18 heavy (non-hydrogen) atoms. The van der Waals surface area contributed by atoms with Crippen LogP contribution in [0.1, 0.15) is 13.3 Å². The largest absolute Gasteiger partial charge is 0.324 e. The van der Waals surface area contributed by atoms with Crippen LogP contribution in [0.5, 0.6) is 0 Å². The van der Waals surface area contributed by atoms with Crippen LogP contribution >= 0.6 is 24.0 Å². The number of nitrogens with one attached hydrogen (secondary N) is 2. The number of anilines is 1. The lowest BCUT2D eigenvalue weighted by Crippen LogP contribution is -2.35. The van der Waals surface area contributed by atoms with Gasteiger partial charge in [-0.2, -0.15) is 0 Å². The van der Waals surface area contributed by atoms with Crippen molar-refractivity contribution >= 4 is 46.9 Å². The highest BCUT2D eigenvalue weighted by molar-refractivity contribution is 6.35. The van der Waals surface area contributed by atoms with Gasteiger partial charge in [0.2, 0.25) is 11.9 Å². The molecule has 5 nitrogen and oxygen atoms in total. The normalized spacial score (nSPS) is 11.9. The van der Waals surface area contributed by atoms with Gasteiger partial charge >= 0.3 is 0 Å². The molecule has 0 saturated carbocycles. The van der Waals surface area contributed by atoms with Crippen molar-refractivity contribution in [2.45, 2.75) is 19.4 Å². The zero-order chi connectivity index (χ0) is 12.4. The van der Waals surface area contributed by atoms with Gasteiger partial charge in [0.05, 0.1) is 16.6 Å². The number of hydrogen-bond acceptors (Lipinski definition) is 3. The van der Waals surface area contributed by atoms with Crippen LogP contribution in [0, 0.1) is 0 Å². The Bertz CT molecular complexity index is 555. The lowest BCUT2D eigenvalue weighted by molar-refractivity contribution is -0.117. The first-order valence-corrected chi connectivity index (χ1v) is 5.70. The highest BCUT2D eigenvalue weighted by Crippen LogP contribution is 2.22. The molecule has 0 unspecified atom stereocenters. The summed E-state index contributed by atoms with van der Waals surface area (Å²) in [5.41, 5.74) is 7.02. The third-order valence-corrected chi connectivity index (χ3v) is 2.79. The summed E-state index contributed by atoms with van der Waals surface area (Å²) in [6.07, 6.45) is 0.576. The highest BCUT2D eigenvalue weighted by Gasteiger charge is 2.13. The van der Waals surface area contributed by atoms with E-state index in [0.717, 1.165) is 5.52 Å². The fourth-order valence-corrected chi connectivity index (χ4v) is 1.67. The number of aromatic nitrogens is 2. The minimum atomic E-state index is -0.529. The van der Waals surface area contributed by atoms with E-state index >= 15 is 0 Å². The van der Waals surface area contributed by atoms with E-state index in [2.05, 4.69) is 15.3 Å². The molecule has 1 atom stereocenters. The van der Waals surface area contributed by atoms with Gasteiger partial charge in [0.15, 0.2) is 0 Å². The van der Waals surface area contributed by atoms with Gasteiger partial charge in [0.25, 0.3) is 0 Å². The summed E-state index contributed by atoms with van der Waals surface area (Å²) in [6.45, 7) is 1.85. The second kappa shape index (κ2) is 6.04. The number of fused-ring (bicyclic) bond motifs is 1. The van der Waals surface area contributed by atoms with E-state index in [-0.39, 0.29) is 18.3 Å². The van der Waals surface area contributed by atoms with E-state index in [9.17, 15) is 4.79 Å². The molecule has 0 spiro atoms. The predicted molar refractivity (Wildman–Crippen MR) is 75.2 cm³/mol. The summed E-state index contributed by atoms with van der Waals surface area (Å²) in [5.74, 6) is 0.102. The Morgan fingerprint density at radius 2 is 2.33 bits per heavy atom. The van der Waals surface area contributed by atoms with Crippen LogP contribution in [-0.2, 0) is 4.79 Å². The summed E-state index contributed by atoms with van der Waals surface area (Å²) >= 11 is 5.98. The lowest BCUT2D eigenvalue weighted by atomic mass is 10.2. The monoisotopic (exact) mass is 288 g/mol. The molecule has 1 aromatic heterocycles. The van der Waals surface area contributed by atoms with Crippen molar-refractivity contribution in [3.8, 4) is 0 Å². The Morgan fingerprint density at radius 1 is 1.61 bits per heavy atom. The standard InChI is InChI=1S/C11H13ClN4O.ClH/c1-2-7(13)10(17)16-11-14-8-5-3-4-6(12)9(8)15-11;/h3-5,7H,2,13H2,1H3,(H2,14,15,16,17);1H/t7-;/m0./s1. The van der Waals surface area contributed by atoms with Crippen LogP contribution < -0.4 is 11.1 Å². The Labute approximate surface area is 116 Å². The van der Waals surface area contributed by atoms with Crippen LogP contribution in [0.3, 0.4) is 0 Å². The van der Waals surface area contributed by atoms with Gasteiger partial charge in [-0.15, -0.1) is 12.4 Å². The number of H-pyrrole nitrogens is 1. The van der Waals surface area contributed by atoms with Gasteiger partial charge in [0, 0.05) is 0 Å². The van der Waals surface area contributed by atoms with Crippen LogP contribution in [0.4, 0.5) is 5.95 Å². The third-order valence-electron chi connectivity index (χ3n) is 2.48. The van der Waals surface area contributed by atoms with Gasteiger partial charge in [0.1, 0.15) is 5.52 Å². The smallest absolute Gasteiger partial charge is 0.243 e. The van der Waals surface area contributed by atoms with Crippen LogP contribution in [0.15, 0.2) is 18.2 Å². The molecule has 0 bridgehead atoms. The summed E-state index contributed by atoms with van der Waals surface area (Å²) in [7, 11) is 0. The molecule has 0 fully saturated rings. The third kappa shape index (κ3) is 2.93. The Balaban J connectivity index is 0.00000162. The van der Waals surface area contributed by atoms with E-state index in [1.165, 1.54) is 0 Å². The molecule has 0 radical (unpaired) electrons. The lowest BCUT2D eigenvalue weighted by Gasteiger charge is -2.06. The number of aromatic amines is 1. The number of imidazole rings is 1. The number of benzene rings is 1. The number of para-hydroxylation sites is 1. The van der Waals surface area contributed by atoms with Crippen LogP contribution in [-0.4, -0.2) is 21.9 Å². The summed E-state index contributed by atoms with van der Waals surface area (Å²) in [5, 5.41) is 3.16. The van der Waals surface area contributed by atoms with Crippen molar-refractivity contribution in [2.75, 3.05) is 5.32 Å². The SMILES string of the molecule is CC[C@H](N)C(=O)Nc1nc2c(Cl)cccc2[nH]1.Cl. The molecule has 98 valence electrons. The number of nitrogens with zero attached hydrogens (tertiary/aromatic N) is 1. The van der Waals surface area contributed by atoms with Gasteiger partial charge in [-0.1, -0.05) is 24.6 Å². The number of rotatable bonds is 3. The molecular weight excluding hydrogens is 275 g/mol. The van der Waals surface area contributed by atoms with E-state index in [1.807, 2.05) is 19.1 Å². The Morgan fingerprint density at radius 3 is 2.94 bits per heavy atom. The Kier molecular flexibility index (Phi) is 4.95. The summed E-state index contributed by atoms with van der Waals surface area (Å²) < 4.78 is 0.